The summed E-state index contributed by atoms with van der Waals surface area (Å²) < 4.78 is 5.08. The van der Waals surface area contributed by atoms with Gasteiger partial charge >= 0.3 is 0 Å². The van der Waals surface area contributed by atoms with E-state index in [-0.39, 0.29) is 18.4 Å². The first-order valence-electron chi connectivity index (χ1n) is 9.22. The second kappa shape index (κ2) is 9.16. The number of methoxy groups -OCH3 is 1. The Kier molecular flexibility index (Phi) is 6.41. The second-order valence-electron chi connectivity index (χ2n) is 6.79. The number of hydrogen-bond acceptors (Lipinski definition) is 4. The Morgan fingerprint density at radius 1 is 1.07 bits per heavy atom. The van der Waals surface area contributed by atoms with E-state index in [2.05, 4.69) is 6.07 Å². The van der Waals surface area contributed by atoms with Gasteiger partial charge in [0.1, 0.15) is 6.04 Å². The van der Waals surface area contributed by atoms with Crippen molar-refractivity contribution >= 4 is 11.8 Å². The number of carbonyl (C=O) groups excluding carboxylic acids is 2. The molecule has 1 aliphatic heterocycles. The van der Waals surface area contributed by atoms with Gasteiger partial charge in [0.15, 0.2) is 0 Å². The van der Waals surface area contributed by atoms with E-state index in [0.29, 0.717) is 31.7 Å². The first kappa shape index (κ1) is 19.6. The molecule has 0 spiro atoms. The highest BCUT2D eigenvalue weighted by Crippen LogP contribution is 2.20. The summed E-state index contributed by atoms with van der Waals surface area (Å²) in [5, 5.41) is 8.96. The van der Waals surface area contributed by atoms with Crippen LogP contribution in [0.4, 0.5) is 0 Å². The van der Waals surface area contributed by atoms with Gasteiger partial charge in [-0.1, -0.05) is 42.5 Å². The molecule has 2 amide bonds. The molecule has 1 heterocycles. The Labute approximate surface area is 164 Å². The first-order chi connectivity index (χ1) is 13.6. The second-order valence-corrected chi connectivity index (χ2v) is 6.79. The molecule has 1 saturated heterocycles. The number of rotatable bonds is 7. The molecule has 0 aromatic heterocycles. The molecule has 6 heteroatoms. The number of ether oxygens (including phenoxy) is 1. The molecule has 0 aliphatic carbocycles. The van der Waals surface area contributed by atoms with Gasteiger partial charge in [0.25, 0.3) is 0 Å². The summed E-state index contributed by atoms with van der Waals surface area (Å²) in [7, 11) is 1.58. The number of carbonyl (C=O) groups is 2. The van der Waals surface area contributed by atoms with E-state index in [4.69, 9.17) is 10.00 Å². The molecule has 1 fully saturated rings. The molecular weight excluding hydrogens is 354 g/mol. The number of hydrogen-bond donors (Lipinski definition) is 0. The predicted octanol–water partition coefficient (Wildman–Crippen LogP) is 1.99. The molecular formula is C22H23N3O3. The molecule has 2 aromatic rings. The minimum absolute atomic E-state index is 0.0593. The van der Waals surface area contributed by atoms with Gasteiger partial charge in [-0.05, 0) is 23.3 Å². The first-order valence-corrected chi connectivity index (χ1v) is 9.22. The smallest absolute Gasteiger partial charge is 0.246 e. The van der Waals surface area contributed by atoms with Crippen LogP contribution in [0.15, 0.2) is 54.6 Å². The average molecular weight is 377 g/mol. The molecule has 144 valence electrons. The highest BCUT2D eigenvalue weighted by Gasteiger charge is 2.39. The maximum atomic E-state index is 13.1. The Morgan fingerprint density at radius 2 is 1.79 bits per heavy atom. The third-order valence-corrected chi connectivity index (χ3v) is 4.89. The fourth-order valence-corrected chi connectivity index (χ4v) is 3.36. The Hall–Kier alpha value is -3.17. The summed E-state index contributed by atoms with van der Waals surface area (Å²) in [4.78, 5) is 29.2. The normalized spacial score (nSPS) is 16.9. The fourth-order valence-electron chi connectivity index (χ4n) is 3.36. The lowest BCUT2D eigenvalue weighted by Gasteiger charge is -2.40. The lowest BCUT2D eigenvalue weighted by atomic mass is 10.00. The van der Waals surface area contributed by atoms with Crippen molar-refractivity contribution in [1.82, 2.24) is 9.80 Å². The van der Waals surface area contributed by atoms with Crippen LogP contribution in [0.5, 0.6) is 0 Å². The van der Waals surface area contributed by atoms with E-state index in [0.717, 1.165) is 11.1 Å². The van der Waals surface area contributed by atoms with E-state index < -0.39 is 6.04 Å². The highest BCUT2D eigenvalue weighted by molar-refractivity contribution is 5.95. The van der Waals surface area contributed by atoms with Crippen LogP contribution in [0, 0.1) is 11.3 Å². The zero-order valence-corrected chi connectivity index (χ0v) is 15.9. The summed E-state index contributed by atoms with van der Waals surface area (Å²) in [6.07, 6.45) is 0.463. The zero-order valence-electron chi connectivity index (χ0n) is 15.9. The van der Waals surface area contributed by atoms with Crippen molar-refractivity contribution in [2.45, 2.75) is 19.0 Å². The van der Waals surface area contributed by atoms with Crippen LogP contribution < -0.4 is 0 Å². The summed E-state index contributed by atoms with van der Waals surface area (Å²) in [6.45, 7) is 1.19. The van der Waals surface area contributed by atoms with Crippen molar-refractivity contribution in [3.8, 4) is 6.07 Å². The van der Waals surface area contributed by atoms with Crippen LogP contribution in [0.25, 0.3) is 0 Å². The molecule has 0 unspecified atom stereocenters. The molecule has 0 radical (unpaired) electrons. The predicted molar refractivity (Wildman–Crippen MR) is 104 cm³/mol. The van der Waals surface area contributed by atoms with Gasteiger partial charge in [0.2, 0.25) is 11.8 Å². The van der Waals surface area contributed by atoms with E-state index in [1.807, 2.05) is 42.5 Å². The van der Waals surface area contributed by atoms with Crippen LogP contribution in [-0.4, -0.2) is 54.5 Å². The lowest BCUT2D eigenvalue weighted by molar-refractivity contribution is -0.157. The third kappa shape index (κ3) is 4.56. The quantitative estimate of drug-likeness (QED) is 0.740. The number of piperazine rings is 1. The maximum Gasteiger partial charge on any atom is 0.246 e. The Bertz CT molecular complexity index is 859. The van der Waals surface area contributed by atoms with E-state index in [9.17, 15) is 9.59 Å². The van der Waals surface area contributed by atoms with Crippen LogP contribution in [0.3, 0.4) is 0 Å². The van der Waals surface area contributed by atoms with Gasteiger partial charge in [0, 0.05) is 26.6 Å². The fraction of sp³-hybridized carbons (Fsp3) is 0.318. The van der Waals surface area contributed by atoms with Crippen LogP contribution in [-0.2, 0) is 27.3 Å². The van der Waals surface area contributed by atoms with E-state index in [1.165, 1.54) is 0 Å². The lowest BCUT2D eigenvalue weighted by Crippen LogP contribution is -2.60. The summed E-state index contributed by atoms with van der Waals surface area (Å²) >= 11 is 0. The van der Waals surface area contributed by atoms with E-state index in [1.54, 1.807) is 29.0 Å². The third-order valence-electron chi connectivity index (χ3n) is 4.89. The maximum absolute atomic E-state index is 13.1. The SMILES string of the molecule is COCCN1CC(=O)N(Cc2ccc(C#N)cc2)[C@H](Cc2ccccc2)C1=O. The molecule has 1 atom stereocenters. The standard InChI is InChI=1S/C22H23N3O3/c1-28-12-11-24-16-21(26)25(15-19-9-7-18(14-23)8-10-19)20(22(24)27)13-17-5-3-2-4-6-17/h2-10,20H,11-13,15-16H2,1H3/t20-/m1/s1. The van der Waals surface area contributed by atoms with Gasteiger partial charge in [-0.25, -0.2) is 0 Å². The Balaban J connectivity index is 1.84. The molecule has 3 rings (SSSR count). The number of amides is 2. The molecule has 0 saturated carbocycles. The van der Waals surface area contributed by atoms with Crippen LogP contribution in [0.2, 0.25) is 0 Å². The largest absolute Gasteiger partial charge is 0.383 e. The summed E-state index contributed by atoms with van der Waals surface area (Å²) in [5.74, 6) is -0.143. The molecule has 6 nitrogen and oxygen atoms in total. The van der Waals surface area contributed by atoms with Crippen molar-refractivity contribution in [3.05, 3.63) is 71.3 Å². The monoisotopic (exact) mass is 377 g/mol. The highest BCUT2D eigenvalue weighted by atomic mass is 16.5. The van der Waals surface area contributed by atoms with Gasteiger partial charge in [-0.15, -0.1) is 0 Å². The topological polar surface area (TPSA) is 73.6 Å². The summed E-state index contributed by atoms with van der Waals surface area (Å²) in [6, 6.07) is 18.3. The zero-order chi connectivity index (χ0) is 19.9. The van der Waals surface area contributed by atoms with Gasteiger partial charge < -0.3 is 14.5 Å². The number of nitriles is 1. The van der Waals surface area contributed by atoms with Crippen molar-refractivity contribution in [2.75, 3.05) is 26.8 Å². The molecule has 28 heavy (non-hydrogen) atoms. The van der Waals surface area contributed by atoms with Crippen molar-refractivity contribution in [1.29, 1.82) is 5.26 Å². The average Bonchev–Trinajstić information content (AvgIpc) is 2.73. The molecule has 2 aromatic carbocycles. The van der Waals surface area contributed by atoms with Crippen molar-refractivity contribution in [3.63, 3.8) is 0 Å². The minimum Gasteiger partial charge on any atom is -0.383 e. The molecule has 0 bridgehead atoms. The van der Waals surface area contributed by atoms with Gasteiger partial charge in [-0.2, -0.15) is 5.26 Å². The minimum atomic E-state index is -0.559. The van der Waals surface area contributed by atoms with Crippen LogP contribution >= 0.6 is 0 Å². The number of benzene rings is 2. The van der Waals surface area contributed by atoms with Crippen LogP contribution in [0.1, 0.15) is 16.7 Å². The van der Waals surface area contributed by atoms with Gasteiger partial charge in [0.05, 0.1) is 24.8 Å². The molecule has 1 aliphatic rings. The van der Waals surface area contributed by atoms with Gasteiger partial charge in [-0.3, -0.25) is 9.59 Å². The Morgan fingerprint density at radius 3 is 2.43 bits per heavy atom. The molecule has 0 N–H and O–H groups in total. The van der Waals surface area contributed by atoms with Crippen molar-refractivity contribution in [2.24, 2.45) is 0 Å². The number of nitrogens with zero attached hydrogens (tertiary/aromatic N) is 3. The van der Waals surface area contributed by atoms with E-state index >= 15 is 0 Å². The summed E-state index contributed by atoms with van der Waals surface area (Å²) in [5.41, 5.74) is 2.46. The van der Waals surface area contributed by atoms with Crippen molar-refractivity contribution < 1.29 is 14.3 Å².